The van der Waals surface area contributed by atoms with E-state index in [0.29, 0.717) is 29.0 Å². The minimum atomic E-state index is -0.247. The summed E-state index contributed by atoms with van der Waals surface area (Å²) in [5, 5.41) is 3.51. The van der Waals surface area contributed by atoms with E-state index >= 15 is 0 Å². The van der Waals surface area contributed by atoms with Gasteiger partial charge in [0.05, 0.1) is 0 Å². The zero-order valence-electron chi connectivity index (χ0n) is 10.5. The van der Waals surface area contributed by atoms with Crippen LogP contribution in [0.25, 0.3) is 0 Å². The average molecular weight is 357 g/mol. The number of benzene rings is 1. The molecule has 104 valence electrons. The maximum Gasteiger partial charge on any atom is 0.135 e. The molecule has 6 heteroatoms. The van der Waals surface area contributed by atoms with Crippen LogP contribution in [0.4, 0.5) is 10.2 Å². The first kappa shape index (κ1) is 13.8. The molecule has 1 aromatic heterocycles. The van der Waals surface area contributed by atoms with Gasteiger partial charge in [0, 0.05) is 28.6 Å². The lowest BCUT2D eigenvalue weighted by molar-refractivity contribution is 0.612. The van der Waals surface area contributed by atoms with Gasteiger partial charge in [0.1, 0.15) is 22.6 Å². The van der Waals surface area contributed by atoms with Crippen molar-refractivity contribution in [1.82, 2.24) is 9.97 Å². The first-order valence-electron chi connectivity index (χ1n) is 6.34. The van der Waals surface area contributed by atoms with Crippen LogP contribution >= 0.6 is 27.5 Å². The van der Waals surface area contributed by atoms with Gasteiger partial charge >= 0.3 is 0 Å². The topological polar surface area (TPSA) is 37.8 Å². The fourth-order valence-electron chi connectivity index (χ4n) is 1.91. The molecule has 0 bridgehead atoms. The number of hydrogen-bond acceptors (Lipinski definition) is 3. The lowest BCUT2D eigenvalue weighted by Gasteiger charge is -2.09. The Morgan fingerprint density at radius 3 is 2.85 bits per heavy atom. The summed E-state index contributed by atoms with van der Waals surface area (Å²) in [5.74, 6) is 1.58. The number of hydrogen-bond donors (Lipinski definition) is 1. The average Bonchev–Trinajstić information content (AvgIpc) is 3.23. The standard InChI is InChI=1S/C14H12BrClFN3/c15-10-3-4-11(17)9(5-10)7-18-13-6-12(16)19-14(20-13)8-1-2-8/h3-6,8H,1-2,7H2,(H,18,19,20). The molecule has 1 aliphatic carbocycles. The van der Waals surface area contributed by atoms with E-state index in [0.717, 1.165) is 23.1 Å². The molecule has 0 radical (unpaired) electrons. The molecule has 0 atom stereocenters. The molecule has 0 spiro atoms. The largest absolute Gasteiger partial charge is 0.366 e. The molecule has 1 heterocycles. The van der Waals surface area contributed by atoms with Crippen molar-refractivity contribution in [3.8, 4) is 0 Å². The van der Waals surface area contributed by atoms with Gasteiger partial charge in [-0.05, 0) is 31.0 Å². The summed E-state index contributed by atoms with van der Waals surface area (Å²) in [7, 11) is 0. The molecule has 3 nitrogen and oxygen atoms in total. The Labute approximate surface area is 129 Å². The second-order valence-corrected chi connectivity index (χ2v) is 6.10. The Morgan fingerprint density at radius 2 is 2.10 bits per heavy atom. The van der Waals surface area contributed by atoms with E-state index in [1.165, 1.54) is 6.07 Å². The van der Waals surface area contributed by atoms with Gasteiger partial charge in [-0.3, -0.25) is 0 Å². The van der Waals surface area contributed by atoms with E-state index in [1.54, 1.807) is 18.2 Å². The predicted molar refractivity (Wildman–Crippen MR) is 80.4 cm³/mol. The van der Waals surface area contributed by atoms with Gasteiger partial charge in [-0.15, -0.1) is 0 Å². The number of rotatable bonds is 4. The van der Waals surface area contributed by atoms with E-state index in [1.807, 2.05) is 0 Å². The van der Waals surface area contributed by atoms with Crippen LogP contribution in [0.3, 0.4) is 0 Å². The van der Waals surface area contributed by atoms with Crippen LogP contribution in [0, 0.1) is 5.82 Å². The van der Waals surface area contributed by atoms with Crippen LogP contribution in [0.5, 0.6) is 0 Å². The van der Waals surface area contributed by atoms with Gasteiger partial charge in [-0.25, -0.2) is 14.4 Å². The number of halogens is 3. The van der Waals surface area contributed by atoms with Crippen molar-refractivity contribution in [3.63, 3.8) is 0 Å². The van der Waals surface area contributed by atoms with Gasteiger partial charge in [-0.1, -0.05) is 27.5 Å². The summed E-state index contributed by atoms with van der Waals surface area (Å²) in [6.07, 6.45) is 2.22. The predicted octanol–water partition coefficient (Wildman–Crippen LogP) is 4.52. The number of nitrogens with zero attached hydrogens (tertiary/aromatic N) is 2. The van der Waals surface area contributed by atoms with Crippen LogP contribution in [0.15, 0.2) is 28.7 Å². The Bertz CT molecular complexity index is 646. The monoisotopic (exact) mass is 355 g/mol. The molecular formula is C14H12BrClFN3. The fraction of sp³-hybridized carbons (Fsp3) is 0.286. The molecule has 1 fully saturated rings. The maximum atomic E-state index is 13.6. The van der Waals surface area contributed by atoms with Crippen molar-refractivity contribution < 1.29 is 4.39 Å². The molecule has 3 rings (SSSR count). The zero-order valence-corrected chi connectivity index (χ0v) is 12.9. The third-order valence-electron chi connectivity index (χ3n) is 3.12. The van der Waals surface area contributed by atoms with Gasteiger partial charge in [0.25, 0.3) is 0 Å². The minimum absolute atomic E-state index is 0.247. The van der Waals surface area contributed by atoms with E-state index < -0.39 is 0 Å². The van der Waals surface area contributed by atoms with Crippen molar-refractivity contribution in [1.29, 1.82) is 0 Å². The van der Waals surface area contributed by atoms with Gasteiger partial charge in [0.2, 0.25) is 0 Å². The van der Waals surface area contributed by atoms with Crippen molar-refractivity contribution in [2.75, 3.05) is 5.32 Å². The fourth-order valence-corrected chi connectivity index (χ4v) is 2.51. The molecule has 0 aliphatic heterocycles. The minimum Gasteiger partial charge on any atom is -0.366 e. The second kappa shape index (κ2) is 5.66. The van der Waals surface area contributed by atoms with E-state index in [9.17, 15) is 4.39 Å². The van der Waals surface area contributed by atoms with E-state index in [-0.39, 0.29) is 5.82 Å². The molecule has 20 heavy (non-hydrogen) atoms. The summed E-state index contributed by atoms with van der Waals surface area (Å²) >= 11 is 9.32. The van der Waals surface area contributed by atoms with Crippen molar-refractivity contribution in [3.05, 3.63) is 51.1 Å². The lowest BCUT2D eigenvalue weighted by atomic mass is 10.2. The zero-order chi connectivity index (χ0) is 14.1. The highest BCUT2D eigenvalue weighted by atomic mass is 79.9. The second-order valence-electron chi connectivity index (χ2n) is 4.80. The van der Waals surface area contributed by atoms with Gasteiger partial charge in [-0.2, -0.15) is 0 Å². The van der Waals surface area contributed by atoms with Crippen molar-refractivity contribution in [2.45, 2.75) is 25.3 Å². The number of anilines is 1. The summed E-state index contributed by atoms with van der Waals surface area (Å²) in [5.41, 5.74) is 0.571. The molecule has 1 aliphatic rings. The molecule has 0 unspecified atom stereocenters. The highest BCUT2D eigenvalue weighted by Gasteiger charge is 2.27. The van der Waals surface area contributed by atoms with E-state index in [2.05, 4.69) is 31.2 Å². The van der Waals surface area contributed by atoms with Crippen LogP contribution in [-0.4, -0.2) is 9.97 Å². The SMILES string of the molecule is Fc1ccc(Br)cc1CNc1cc(Cl)nc(C2CC2)n1. The quantitative estimate of drug-likeness (QED) is 0.818. The third kappa shape index (κ3) is 3.27. The number of aromatic nitrogens is 2. The van der Waals surface area contributed by atoms with Crippen LogP contribution in [0.1, 0.15) is 30.1 Å². The highest BCUT2D eigenvalue weighted by molar-refractivity contribution is 9.10. The highest BCUT2D eigenvalue weighted by Crippen LogP contribution is 2.38. The van der Waals surface area contributed by atoms with E-state index in [4.69, 9.17) is 11.6 Å². The maximum absolute atomic E-state index is 13.6. The van der Waals surface area contributed by atoms with Gasteiger partial charge < -0.3 is 5.32 Å². The first-order chi connectivity index (χ1) is 9.61. The van der Waals surface area contributed by atoms with Gasteiger partial charge in [0.15, 0.2) is 0 Å². The summed E-state index contributed by atoms with van der Waals surface area (Å²) in [6, 6.07) is 6.51. The molecule has 1 aromatic carbocycles. The molecule has 0 amide bonds. The molecule has 2 aromatic rings. The summed E-state index contributed by atoms with van der Waals surface area (Å²) in [6.45, 7) is 0.350. The lowest BCUT2D eigenvalue weighted by Crippen LogP contribution is -2.05. The van der Waals surface area contributed by atoms with Crippen LogP contribution in [-0.2, 0) is 6.54 Å². The third-order valence-corrected chi connectivity index (χ3v) is 3.81. The Kier molecular flexibility index (Phi) is 3.89. The molecule has 1 N–H and O–H groups in total. The van der Waals surface area contributed by atoms with Crippen molar-refractivity contribution >= 4 is 33.3 Å². The normalized spacial score (nSPS) is 14.3. The Hall–Kier alpha value is -1.20. The smallest absolute Gasteiger partial charge is 0.135 e. The molecule has 1 saturated carbocycles. The summed E-state index contributed by atoms with van der Waals surface area (Å²) in [4.78, 5) is 8.64. The van der Waals surface area contributed by atoms with Crippen LogP contribution < -0.4 is 5.32 Å². The summed E-state index contributed by atoms with van der Waals surface area (Å²) < 4.78 is 14.5. The van der Waals surface area contributed by atoms with Crippen molar-refractivity contribution in [2.24, 2.45) is 0 Å². The Balaban J connectivity index is 1.76. The first-order valence-corrected chi connectivity index (χ1v) is 7.51. The number of nitrogens with one attached hydrogen (secondary N) is 1. The Morgan fingerprint density at radius 1 is 1.30 bits per heavy atom. The molecule has 0 saturated heterocycles. The molecular weight excluding hydrogens is 345 g/mol. The van der Waals surface area contributed by atoms with Crippen LogP contribution in [0.2, 0.25) is 5.15 Å².